The van der Waals surface area contributed by atoms with Crippen molar-refractivity contribution in [3.63, 3.8) is 0 Å². The summed E-state index contributed by atoms with van der Waals surface area (Å²) < 4.78 is 31.9. The van der Waals surface area contributed by atoms with Gasteiger partial charge in [-0.3, -0.25) is 14.5 Å². The Bertz CT molecular complexity index is 1440. The number of amidine groups is 1. The average Bonchev–Trinajstić information content (AvgIpc) is 3.31. The minimum Gasteiger partial charge on any atom is -0.456 e. The highest BCUT2D eigenvalue weighted by Gasteiger charge is 2.31. The first kappa shape index (κ1) is 21.1. The molecule has 2 aliphatic rings. The maximum atomic E-state index is 12.7. The first-order chi connectivity index (χ1) is 15.8. The van der Waals surface area contributed by atoms with Crippen molar-refractivity contribution in [3.8, 4) is 11.1 Å². The van der Waals surface area contributed by atoms with Gasteiger partial charge < -0.3 is 4.74 Å². The highest BCUT2D eigenvalue weighted by atomic mass is 32.2. The van der Waals surface area contributed by atoms with Crippen LogP contribution in [0.15, 0.2) is 76.6 Å². The number of rotatable bonds is 5. The summed E-state index contributed by atoms with van der Waals surface area (Å²) in [6, 6.07) is 19.0. The Kier molecular flexibility index (Phi) is 5.09. The lowest BCUT2D eigenvalue weighted by Crippen LogP contribution is -2.27. The monoisotopic (exact) mass is 460 g/mol. The molecular formula is C25H20N2O5S. The first-order valence-electron chi connectivity index (χ1n) is 10.4. The van der Waals surface area contributed by atoms with Crippen molar-refractivity contribution in [1.82, 2.24) is 4.72 Å². The summed E-state index contributed by atoms with van der Waals surface area (Å²) in [6.45, 7) is 1.07. The number of nitrogens with zero attached hydrogens (tertiary/aromatic N) is 1. The van der Waals surface area contributed by atoms with Crippen LogP contribution in [0, 0.1) is 0 Å². The van der Waals surface area contributed by atoms with Crippen LogP contribution in [0.2, 0.25) is 0 Å². The molecule has 0 saturated heterocycles. The second-order valence-electron chi connectivity index (χ2n) is 7.99. The normalized spacial score (nSPS) is 16.9. The molecular weight excluding hydrogens is 440 g/mol. The molecule has 3 aromatic carbocycles. The topological polar surface area (TPSA) is 102 Å². The summed E-state index contributed by atoms with van der Waals surface area (Å²) >= 11 is 0. The maximum Gasteiger partial charge on any atom is 0.331 e. The lowest BCUT2D eigenvalue weighted by atomic mass is 10.0. The SMILES string of the molecule is C[C@@H](N=C1NS(=O)(=O)c2ccccc21)C(=O)OCC(=O)c1ccc2c(c1)-c1ccccc1C2. The van der Waals surface area contributed by atoms with E-state index in [1.807, 2.05) is 30.3 Å². The van der Waals surface area contributed by atoms with Crippen LogP contribution in [-0.4, -0.2) is 38.7 Å². The smallest absolute Gasteiger partial charge is 0.331 e. The van der Waals surface area contributed by atoms with Crippen molar-refractivity contribution in [1.29, 1.82) is 0 Å². The van der Waals surface area contributed by atoms with Gasteiger partial charge in [-0.05, 0) is 53.8 Å². The molecule has 0 saturated carbocycles. The molecule has 5 rings (SSSR count). The first-order valence-corrected chi connectivity index (χ1v) is 11.9. The van der Waals surface area contributed by atoms with Crippen molar-refractivity contribution in [3.05, 3.63) is 89.0 Å². The third-order valence-electron chi connectivity index (χ3n) is 5.79. The molecule has 8 heteroatoms. The summed E-state index contributed by atoms with van der Waals surface area (Å²) in [6.07, 6.45) is 0.833. The zero-order chi connectivity index (χ0) is 23.2. The van der Waals surface area contributed by atoms with Crippen LogP contribution in [0.4, 0.5) is 0 Å². The number of ether oxygens (including phenoxy) is 1. The lowest BCUT2D eigenvalue weighted by molar-refractivity contribution is -0.143. The molecule has 1 aliphatic heterocycles. The van der Waals surface area contributed by atoms with Gasteiger partial charge in [0.05, 0.1) is 4.90 Å². The molecule has 166 valence electrons. The van der Waals surface area contributed by atoms with Gasteiger partial charge in [-0.15, -0.1) is 0 Å². The number of Topliss-reactive ketones (excluding diaryl/α,β-unsaturated/α-hetero) is 1. The molecule has 0 fully saturated rings. The van der Waals surface area contributed by atoms with E-state index >= 15 is 0 Å². The molecule has 1 N–H and O–H groups in total. The van der Waals surface area contributed by atoms with Gasteiger partial charge in [0.1, 0.15) is 11.9 Å². The highest BCUT2D eigenvalue weighted by molar-refractivity contribution is 7.90. The molecule has 33 heavy (non-hydrogen) atoms. The minimum absolute atomic E-state index is 0.0821. The number of carbonyl (C=O) groups excluding carboxylic acids is 2. The molecule has 0 unspecified atom stereocenters. The molecule has 0 radical (unpaired) electrons. The predicted octanol–water partition coefficient (Wildman–Crippen LogP) is 3.11. The maximum absolute atomic E-state index is 12.7. The molecule has 7 nitrogen and oxygen atoms in total. The fourth-order valence-corrected chi connectivity index (χ4v) is 5.35. The zero-order valence-corrected chi connectivity index (χ0v) is 18.6. The van der Waals surface area contributed by atoms with Crippen LogP contribution in [0.1, 0.15) is 34.0 Å². The Morgan fingerprint density at radius 3 is 2.48 bits per heavy atom. The Labute approximate surface area is 191 Å². The van der Waals surface area contributed by atoms with Crippen LogP contribution in [0.3, 0.4) is 0 Å². The number of nitrogens with one attached hydrogen (secondary N) is 1. The summed E-state index contributed by atoms with van der Waals surface area (Å²) in [7, 11) is -3.70. The number of carbonyl (C=O) groups is 2. The van der Waals surface area contributed by atoms with E-state index < -0.39 is 28.6 Å². The van der Waals surface area contributed by atoms with E-state index in [-0.39, 0.29) is 16.5 Å². The van der Waals surface area contributed by atoms with Crippen molar-refractivity contribution in [2.45, 2.75) is 24.3 Å². The number of aliphatic imine (C=N–C) groups is 1. The molecule has 1 heterocycles. The van der Waals surface area contributed by atoms with Crippen molar-refractivity contribution in [2.75, 3.05) is 6.61 Å². The van der Waals surface area contributed by atoms with Crippen LogP contribution in [0.25, 0.3) is 11.1 Å². The largest absolute Gasteiger partial charge is 0.456 e. The van der Waals surface area contributed by atoms with E-state index in [2.05, 4.69) is 15.8 Å². The van der Waals surface area contributed by atoms with Gasteiger partial charge in [-0.1, -0.05) is 48.5 Å². The standard InChI is InChI=1S/C25H20N2O5S/c1-15(26-24-20-8-4-5-9-23(20)33(30,31)27-24)25(29)32-14-22(28)18-11-10-17-12-16-6-2-3-7-19(16)21(17)13-18/h2-11,13,15H,12,14H2,1H3,(H,26,27)/t15-/m1/s1. The Morgan fingerprint density at radius 1 is 0.970 bits per heavy atom. The van der Waals surface area contributed by atoms with Crippen molar-refractivity contribution in [2.24, 2.45) is 4.99 Å². The summed E-state index contributed by atoms with van der Waals surface area (Å²) in [5, 5.41) is 0. The fourth-order valence-electron chi connectivity index (χ4n) is 4.11. The number of hydrogen-bond acceptors (Lipinski definition) is 6. The van der Waals surface area contributed by atoms with Crippen LogP contribution in [0.5, 0.6) is 0 Å². The number of hydrogen-bond donors (Lipinski definition) is 1. The Hall–Kier alpha value is -3.78. The van der Waals surface area contributed by atoms with Crippen molar-refractivity contribution < 1.29 is 22.7 Å². The molecule has 0 spiro atoms. The van der Waals surface area contributed by atoms with E-state index in [1.165, 1.54) is 18.6 Å². The number of fused-ring (bicyclic) bond motifs is 4. The zero-order valence-electron chi connectivity index (χ0n) is 17.7. The fraction of sp³-hybridized carbons (Fsp3) is 0.160. The molecule has 0 amide bonds. The molecule has 0 aromatic heterocycles. The second kappa shape index (κ2) is 7.97. The average molecular weight is 461 g/mol. The van der Waals surface area contributed by atoms with Gasteiger partial charge in [0.2, 0.25) is 0 Å². The van der Waals surface area contributed by atoms with Gasteiger partial charge >= 0.3 is 5.97 Å². The van der Waals surface area contributed by atoms with Crippen LogP contribution in [-0.2, 0) is 26.0 Å². The molecule has 3 aromatic rings. The molecule has 1 atom stereocenters. The van der Waals surface area contributed by atoms with E-state index in [4.69, 9.17) is 4.74 Å². The van der Waals surface area contributed by atoms with Crippen molar-refractivity contribution >= 4 is 27.6 Å². The third-order valence-corrected chi connectivity index (χ3v) is 7.19. The van der Waals surface area contributed by atoms with E-state index in [9.17, 15) is 18.0 Å². The van der Waals surface area contributed by atoms with E-state index in [1.54, 1.807) is 24.3 Å². The van der Waals surface area contributed by atoms with E-state index in [0.29, 0.717) is 11.1 Å². The van der Waals surface area contributed by atoms with Gasteiger partial charge in [0, 0.05) is 11.1 Å². The number of esters is 1. The minimum atomic E-state index is -3.70. The van der Waals surface area contributed by atoms with Gasteiger partial charge in [0.25, 0.3) is 10.0 Å². The van der Waals surface area contributed by atoms with Crippen LogP contribution >= 0.6 is 0 Å². The van der Waals surface area contributed by atoms with Gasteiger partial charge in [-0.25, -0.2) is 13.2 Å². The third kappa shape index (κ3) is 3.82. The van der Waals surface area contributed by atoms with Gasteiger partial charge in [0.15, 0.2) is 12.4 Å². The molecule has 1 aliphatic carbocycles. The number of ketones is 1. The number of benzene rings is 3. The summed E-state index contributed by atoms with van der Waals surface area (Å²) in [5.41, 5.74) is 5.38. The summed E-state index contributed by atoms with van der Waals surface area (Å²) in [5.74, 6) is -0.952. The Balaban J connectivity index is 1.27. The summed E-state index contributed by atoms with van der Waals surface area (Å²) in [4.78, 5) is 29.4. The lowest BCUT2D eigenvalue weighted by Gasteiger charge is -2.09. The predicted molar refractivity (Wildman–Crippen MR) is 123 cm³/mol. The molecule has 0 bridgehead atoms. The quantitative estimate of drug-likeness (QED) is 0.364. The second-order valence-corrected chi connectivity index (χ2v) is 9.64. The van der Waals surface area contributed by atoms with Gasteiger partial charge in [-0.2, -0.15) is 0 Å². The number of sulfonamides is 1. The highest BCUT2D eigenvalue weighted by Crippen LogP contribution is 2.36. The van der Waals surface area contributed by atoms with E-state index in [0.717, 1.165) is 23.1 Å². The van der Waals surface area contributed by atoms with Crippen LogP contribution < -0.4 is 4.72 Å². The Morgan fingerprint density at radius 2 is 1.67 bits per heavy atom.